The minimum absolute atomic E-state index is 0.0464. The van der Waals surface area contributed by atoms with Crippen LogP contribution in [0.4, 0.5) is 5.69 Å². The summed E-state index contributed by atoms with van der Waals surface area (Å²) in [4.78, 5) is 10.7. The van der Waals surface area contributed by atoms with Crippen LogP contribution >= 0.6 is 12.6 Å². The van der Waals surface area contributed by atoms with Crippen molar-refractivity contribution in [3.8, 4) is 0 Å². The van der Waals surface area contributed by atoms with E-state index in [9.17, 15) is 10.1 Å². The highest BCUT2D eigenvalue weighted by atomic mass is 32.1. The predicted molar refractivity (Wildman–Crippen MR) is 64.3 cm³/mol. The summed E-state index contributed by atoms with van der Waals surface area (Å²) in [6.45, 7) is 5.76. The number of non-ortho nitro benzene ring substituents is 1. The van der Waals surface area contributed by atoms with Gasteiger partial charge >= 0.3 is 0 Å². The molecule has 5 heteroatoms. The van der Waals surface area contributed by atoms with Crippen molar-refractivity contribution in [3.05, 3.63) is 33.9 Å². The number of nitro benzene ring substituents is 1. The number of hydrogen-bond donors (Lipinski definition) is 2. The second-order valence-corrected chi connectivity index (χ2v) is 3.27. The lowest BCUT2D eigenvalue weighted by atomic mass is 10.1. The molecule has 0 spiro atoms. The van der Waals surface area contributed by atoms with Gasteiger partial charge in [-0.05, 0) is 18.6 Å². The Morgan fingerprint density at radius 3 is 2.40 bits per heavy atom. The Hall–Kier alpha value is -1.07. The normalized spacial score (nSPS) is 11.3. The van der Waals surface area contributed by atoms with E-state index in [2.05, 4.69) is 12.6 Å². The third-order valence-corrected chi connectivity index (χ3v) is 2.12. The fraction of sp³-hybridized carbons (Fsp3) is 0.400. The van der Waals surface area contributed by atoms with Gasteiger partial charge in [-0.25, -0.2) is 0 Å². The lowest BCUT2D eigenvalue weighted by molar-refractivity contribution is -0.385. The Balaban J connectivity index is 0.000000921. The monoisotopic (exact) mass is 228 g/mol. The van der Waals surface area contributed by atoms with Crippen molar-refractivity contribution >= 4 is 18.3 Å². The van der Waals surface area contributed by atoms with Crippen LogP contribution in [0.25, 0.3) is 0 Å². The first-order valence-electron chi connectivity index (χ1n) is 4.75. The standard InChI is InChI=1S/C8H10N2O2S.C2H6/c1-5(9)7-4-6(10(11)12)2-3-8(7)13;1-2/h2-5,13H,9H2,1H3;1-2H3. The molecule has 0 amide bonds. The van der Waals surface area contributed by atoms with E-state index >= 15 is 0 Å². The van der Waals surface area contributed by atoms with Gasteiger partial charge in [0.2, 0.25) is 0 Å². The summed E-state index contributed by atoms with van der Waals surface area (Å²) in [5.74, 6) is 0. The zero-order chi connectivity index (χ0) is 12.0. The van der Waals surface area contributed by atoms with Crippen LogP contribution in [0.15, 0.2) is 23.1 Å². The van der Waals surface area contributed by atoms with Crippen LogP contribution in [0.1, 0.15) is 32.4 Å². The highest BCUT2D eigenvalue weighted by molar-refractivity contribution is 7.80. The van der Waals surface area contributed by atoms with E-state index in [-0.39, 0.29) is 11.7 Å². The van der Waals surface area contributed by atoms with Crippen LogP contribution in [0.5, 0.6) is 0 Å². The van der Waals surface area contributed by atoms with Crippen LogP contribution < -0.4 is 5.73 Å². The van der Waals surface area contributed by atoms with Crippen LogP contribution in [0.3, 0.4) is 0 Å². The van der Waals surface area contributed by atoms with E-state index in [1.165, 1.54) is 12.1 Å². The summed E-state index contributed by atoms with van der Waals surface area (Å²) in [5, 5.41) is 10.4. The highest BCUT2D eigenvalue weighted by Gasteiger charge is 2.11. The molecule has 0 aliphatic carbocycles. The Morgan fingerprint density at radius 1 is 1.47 bits per heavy atom. The van der Waals surface area contributed by atoms with Crippen molar-refractivity contribution < 1.29 is 4.92 Å². The smallest absolute Gasteiger partial charge is 0.269 e. The zero-order valence-corrected chi connectivity index (χ0v) is 9.99. The molecule has 0 fully saturated rings. The van der Waals surface area contributed by atoms with Crippen molar-refractivity contribution in [2.45, 2.75) is 31.7 Å². The number of hydrogen-bond acceptors (Lipinski definition) is 4. The number of benzene rings is 1. The SMILES string of the molecule is CC.CC(N)c1cc([N+](=O)[O-])ccc1S. The van der Waals surface area contributed by atoms with Gasteiger partial charge in [0.25, 0.3) is 5.69 Å². The molecule has 0 aliphatic heterocycles. The Labute approximate surface area is 95.0 Å². The van der Waals surface area contributed by atoms with Crippen LogP contribution in [-0.2, 0) is 0 Å². The lowest BCUT2D eigenvalue weighted by Crippen LogP contribution is -2.06. The average molecular weight is 228 g/mol. The molecule has 84 valence electrons. The molecule has 15 heavy (non-hydrogen) atoms. The summed E-state index contributed by atoms with van der Waals surface area (Å²) >= 11 is 4.15. The number of nitrogens with two attached hydrogens (primary N) is 1. The van der Waals surface area contributed by atoms with Gasteiger partial charge < -0.3 is 5.73 Å². The maximum atomic E-state index is 10.4. The third-order valence-electron chi connectivity index (χ3n) is 1.71. The molecule has 1 aromatic rings. The Morgan fingerprint density at radius 2 is 2.00 bits per heavy atom. The number of rotatable bonds is 2. The quantitative estimate of drug-likeness (QED) is 0.464. The molecule has 2 N–H and O–H groups in total. The van der Waals surface area contributed by atoms with E-state index in [1.807, 2.05) is 13.8 Å². The molecule has 1 unspecified atom stereocenters. The minimum Gasteiger partial charge on any atom is -0.324 e. The van der Waals surface area contributed by atoms with Gasteiger partial charge in [0.05, 0.1) is 4.92 Å². The highest BCUT2D eigenvalue weighted by Crippen LogP contribution is 2.24. The molecule has 1 aromatic carbocycles. The summed E-state index contributed by atoms with van der Waals surface area (Å²) in [7, 11) is 0. The maximum Gasteiger partial charge on any atom is 0.269 e. The third kappa shape index (κ3) is 3.89. The van der Waals surface area contributed by atoms with E-state index in [4.69, 9.17) is 5.73 Å². The van der Waals surface area contributed by atoms with Crippen molar-refractivity contribution in [2.24, 2.45) is 5.73 Å². The van der Waals surface area contributed by atoms with Gasteiger partial charge in [0, 0.05) is 23.1 Å². The Bertz CT molecular complexity index is 340. The van der Waals surface area contributed by atoms with E-state index in [1.54, 1.807) is 13.0 Å². The maximum absolute atomic E-state index is 10.4. The van der Waals surface area contributed by atoms with Gasteiger partial charge in [-0.2, -0.15) is 0 Å². The van der Waals surface area contributed by atoms with Crippen LogP contribution in [0.2, 0.25) is 0 Å². The van der Waals surface area contributed by atoms with E-state index in [0.29, 0.717) is 10.5 Å². The molecule has 1 atom stereocenters. The molecular weight excluding hydrogens is 212 g/mol. The summed E-state index contributed by atoms with van der Waals surface area (Å²) in [6, 6.07) is 4.20. The lowest BCUT2D eigenvalue weighted by Gasteiger charge is -2.07. The van der Waals surface area contributed by atoms with E-state index < -0.39 is 4.92 Å². The molecule has 0 aromatic heterocycles. The van der Waals surface area contributed by atoms with Crippen LogP contribution in [0, 0.1) is 10.1 Å². The first-order valence-corrected chi connectivity index (χ1v) is 5.20. The number of nitrogens with zero attached hydrogens (tertiary/aromatic N) is 1. The molecule has 4 nitrogen and oxygen atoms in total. The van der Waals surface area contributed by atoms with Crippen molar-refractivity contribution in [3.63, 3.8) is 0 Å². The largest absolute Gasteiger partial charge is 0.324 e. The van der Waals surface area contributed by atoms with Gasteiger partial charge in [-0.1, -0.05) is 13.8 Å². The minimum atomic E-state index is -0.445. The number of nitro groups is 1. The fourth-order valence-electron chi connectivity index (χ4n) is 1.02. The van der Waals surface area contributed by atoms with Crippen molar-refractivity contribution in [1.29, 1.82) is 0 Å². The summed E-state index contributed by atoms with van der Waals surface area (Å²) < 4.78 is 0. The molecule has 0 radical (unpaired) electrons. The fourth-order valence-corrected chi connectivity index (χ4v) is 1.36. The average Bonchev–Trinajstić information content (AvgIpc) is 2.20. The van der Waals surface area contributed by atoms with Crippen molar-refractivity contribution in [2.75, 3.05) is 0 Å². The van der Waals surface area contributed by atoms with Crippen molar-refractivity contribution in [1.82, 2.24) is 0 Å². The van der Waals surface area contributed by atoms with Gasteiger partial charge in [-0.15, -0.1) is 12.6 Å². The molecule has 0 bridgehead atoms. The zero-order valence-electron chi connectivity index (χ0n) is 9.10. The summed E-state index contributed by atoms with van der Waals surface area (Å²) in [6.07, 6.45) is 0. The molecule has 0 saturated carbocycles. The van der Waals surface area contributed by atoms with Gasteiger partial charge in [0.1, 0.15) is 0 Å². The molecular formula is C10H16N2O2S. The van der Waals surface area contributed by atoms with Gasteiger partial charge in [-0.3, -0.25) is 10.1 Å². The van der Waals surface area contributed by atoms with Gasteiger partial charge in [0.15, 0.2) is 0 Å². The first kappa shape index (κ1) is 13.9. The molecule has 0 heterocycles. The molecule has 0 aliphatic rings. The predicted octanol–water partition coefficient (Wildman–Crippen LogP) is 2.93. The number of thiol groups is 1. The summed E-state index contributed by atoms with van der Waals surface area (Å²) in [5.41, 5.74) is 6.35. The van der Waals surface area contributed by atoms with E-state index in [0.717, 1.165) is 0 Å². The Kier molecular flexibility index (Phi) is 5.96. The molecule has 1 rings (SSSR count). The second kappa shape index (κ2) is 6.42. The second-order valence-electron chi connectivity index (χ2n) is 2.79. The first-order chi connectivity index (χ1) is 7.02. The van der Waals surface area contributed by atoms with Crippen LogP contribution in [-0.4, -0.2) is 4.92 Å². The molecule has 0 saturated heterocycles. The topological polar surface area (TPSA) is 69.2 Å².